The Balaban J connectivity index is 2.07. The summed E-state index contributed by atoms with van der Waals surface area (Å²) in [4.78, 5) is 22.5. The largest absolute Gasteiger partial charge is 0.485 e. The minimum absolute atomic E-state index is 0.0899. The zero-order valence-electron chi connectivity index (χ0n) is 9.54. The Bertz CT molecular complexity index is 612. The normalized spacial score (nSPS) is 10.2. The van der Waals surface area contributed by atoms with Gasteiger partial charge in [-0.15, -0.1) is 11.3 Å². The van der Waals surface area contributed by atoms with Crippen molar-refractivity contribution >= 4 is 38.7 Å². The van der Waals surface area contributed by atoms with E-state index in [0.717, 1.165) is 0 Å². The van der Waals surface area contributed by atoms with Crippen LogP contribution in [0.25, 0.3) is 0 Å². The van der Waals surface area contributed by atoms with E-state index < -0.39 is 4.92 Å². The molecule has 0 aliphatic heterocycles. The summed E-state index contributed by atoms with van der Waals surface area (Å²) < 4.78 is 5.81. The lowest BCUT2D eigenvalue weighted by Gasteiger charge is -2.05. The number of Topliss-reactive ketones (excluding diaryl/α,β-unsaturated/α-hetero) is 1. The van der Waals surface area contributed by atoms with Gasteiger partial charge in [0.05, 0.1) is 15.9 Å². The Morgan fingerprint density at radius 3 is 2.84 bits per heavy atom. The minimum Gasteiger partial charge on any atom is -0.485 e. The van der Waals surface area contributed by atoms with E-state index in [1.165, 1.54) is 23.5 Å². The van der Waals surface area contributed by atoms with Crippen molar-refractivity contribution in [3.63, 3.8) is 0 Å². The van der Waals surface area contributed by atoms with Crippen LogP contribution in [0.1, 0.15) is 9.67 Å². The van der Waals surface area contributed by atoms with E-state index in [0.29, 0.717) is 9.35 Å². The van der Waals surface area contributed by atoms with E-state index in [9.17, 15) is 14.9 Å². The predicted octanol–water partition coefficient (Wildman–Crippen LogP) is 3.68. The molecule has 2 rings (SSSR count). The molecule has 2 aromatic rings. The molecule has 0 radical (unpaired) electrons. The molecule has 1 aromatic carbocycles. The third-order valence-corrected chi connectivity index (χ3v) is 3.60. The molecule has 0 bridgehead atoms. The molecule has 0 unspecified atom stereocenters. The van der Waals surface area contributed by atoms with Crippen molar-refractivity contribution in [2.24, 2.45) is 0 Å². The number of thiophene rings is 1. The predicted molar refractivity (Wildman–Crippen MR) is 74.9 cm³/mol. The van der Waals surface area contributed by atoms with Crippen molar-refractivity contribution in [3.8, 4) is 5.75 Å². The van der Waals surface area contributed by atoms with Gasteiger partial charge >= 0.3 is 0 Å². The number of ketones is 1. The van der Waals surface area contributed by atoms with Crippen molar-refractivity contribution in [1.82, 2.24) is 0 Å². The molecule has 0 fully saturated rings. The SMILES string of the molecule is O=C(COc1cc(Br)cc([N+](=O)[O-])c1)c1cccs1. The van der Waals surface area contributed by atoms with Crippen LogP contribution >= 0.6 is 27.3 Å². The van der Waals surface area contributed by atoms with E-state index in [1.54, 1.807) is 23.6 Å². The van der Waals surface area contributed by atoms with E-state index in [1.807, 2.05) is 0 Å². The maximum atomic E-state index is 11.7. The third kappa shape index (κ3) is 3.62. The quantitative estimate of drug-likeness (QED) is 0.472. The second-order valence-electron chi connectivity index (χ2n) is 3.59. The number of nitro benzene ring substituents is 1. The van der Waals surface area contributed by atoms with Crippen molar-refractivity contribution in [3.05, 3.63) is 55.2 Å². The summed E-state index contributed by atoms with van der Waals surface area (Å²) >= 11 is 4.49. The fourth-order valence-electron chi connectivity index (χ4n) is 1.39. The van der Waals surface area contributed by atoms with Crippen LogP contribution in [0.5, 0.6) is 5.75 Å². The Morgan fingerprint density at radius 1 is 1.42 bits per heavy atom. The first-order chi connectivity index (χ1) is 9.06. The van der Waals surface area contributed by atoms with Gasteiger partial charge in [0.2, 0.25) is 5.78 Å². The van der Waals surface area contributed by atoms with Gasteiger partial charge in [0, 0.05) is 10.5 Å². The number of hydrogen-bond acceptors (Lipinski definition) is 5. The number of halogens is 1. The molecular weight excluding hydrogens is 334 g/mol. The highest BCUT2D eigenvalue weighted by Crippen LogP contribution is 2.26. The average Bonchev–Trinajstić information content (AvgIpc) is 2.89. The van der Waals surface area contributed by atoms with E-state index in [-0.39, 0.29) is 23.8 Å². The lowest BCUT2D eigenvalue weighted by atomic mass is 10.3. The summed E-state index contributed by atoms with van der Waals surface area (Å²) in [6.07, 6.45) is 0. The Labute approximate surface area is 121 Å². The van der Waals surface area contributed by atoms with Gasteiger partial charge in [-0.1, -0.05) is 22.0 Å². The average molecular weight is 342 g/mol. The number of carbonyl (C=O) groups excluding carboxylic acids is 1. The van der Waals surface area contributed by atoms with Gasteiger partial charge in [-0.25, -0.2) is 0 Å². The smallest absolute Gasteiger partial charge is 0.274 e. The molecule has 19 heavy (non-hydrogen) atoms. The Hall–Kier alpha value is -1.73. The molecule has 7 heteroatoms. The highest BCUT2D eigenvalue weighted by Gasteiger charge is 2.12. The number of ether oxygens (including phenoxy) is 1. The molecule has 0 amide bonds. The standard InChI is InChI=1S/C12H8BrNO4S/c13-8-4-9(14(16)17)6-10(5-8)18-7-11(15)12-2-1-3-19-12/h1-6H,7H2. The summed E-state index contributed by atoms with van der Waals surface area (Å²) in [5, 5.41) is 12.5. The summed E-state index contributed by atoms with van der Waals surface area (Å²) in [6, 6.07) is 7.72. The van der Waals surface area contributed by atoms with Crippen molar-refractivity contribution in [1.29, 1.82) is 0 Å². The third-order valence-electron chi connectivity index (χ3n) is 2.23. The number of rotatable bonds is 5. The monoisotopic (exact) mass is 341 g/mol. The molecule has 0 N–H and O–H groups in total. The van der Waals surface area contributed by atoms with Crippen LogP contribution in [0.4, 0.5) is 5.69 Å². The molecule has 0 atom stereocenters. The van der Waals surface area contributed by atoms with Crippen LogP contribution in [-0.4, -0.2) is 17.3 Å². The van der Waals surface area contributed by atoms with Crippen molar-refractivity contribution in [2.75, 3.05) is 6.61 Å². The van der Waals surface area contributed by atoms with Crippen molar-refractivity contribution < 1.29 is 14.5 Å². The van der Waals surface area contributed by atoms with E-state index in [2.05, 4.69) is 15.9 Å². The first-order valence-electron chi connectivity index (χ1n) is 5.21. The first kappa shape index (κ1) is 13.7. The maximum absolute atomic E-state index is 11.7. The molecular formula is C12H8BrNO4S. The van der Waals surface area contributed by atoms with Crippen LogP contribution in [0.15, 0.2) is 40.2 Å². The molecule has 5 nitrogen and oxygen atoms in total. The summed E-state index contributed by atoms with van der Waals surface area (Å²) in [6.45, 7) is -0.145. The lowest BCUT2D eigenvalue weighted by molar-refractivity contribution is -0.385. The van der Waals surface area contributed by atoms with Gasteiger partial charge in [0.1, 0.15) is 5.75 Å². The molecule has 1 aromatic heterocycles. The second-order valence-corrected chi connectivity index (χ2v) is 5.45. The number of non-ortho nitro benzene ring substituents is 1. The second kappa shape index (κ2) is 5.94. The molecule has 98 valence electrons. The maximum Gasteiger partial charge on any atom is 0.274 e. The van der Waals surface area contributed by atoms with Crippen LogP contribution in [0, 0.1) is 10.1 Å². The summed E-state index contributed by atoms with van der Waals surface area (Å²) in [5.74, 6) is 0.128. The number of nitro groups is 1. The van der Waals surface area contributed by atoms with Gasteiger partial charge in [0.15, 0.2) is 6.61 Å². The molecule has 1 heterocycles. The zero-order chi connectivity index (χ0) is 13.8. The van der Waals surface area contributed by atoms with E-state index in [4.69, 9.17) is 4.74 Å². The van der Waals surface area contributed by atoms with Gasteiger partial charge < -0.3 is 4.74 Å². The fraction of sp³-hybridized carbons (Fsp3) is 0.0833. The van der Waals surface area contributed by atoms with Crippen LogP contribution in [-0.2, 0) is 0 Å². The number of hydrogen-bond donors (Lipinski definition) is 0. The van der Waals surface area contributed by atoms with Gasteiger partial charge in [-0.05, 0) is 17.5 Å². The van der Waals surface area contributed by atoms with E-state index >= 15 is 0 Å². The van der Waals surface area contributed by atoms with Crippen molar-refractivity contribution in [2.45, 2.75) is 0 Å². The molecule has 0 saturated heterocycles. The van der Waals surface area contributed by atoms with Crippen LogP contribution in [0.2, 0.25) is 0 Å². The number of nitrogens with zero attached hydrogens (tertiary/aromatic N) is 1. The van der Waals surface area contributed by atoms with Crippen LogP contribution in [0.3, 0.4) is 0 Å². The topological polar surface area (TPSA) is 69.4 Å². The lowest BCUT2D eigenvalue weighted by Crippen LogP contribution is -2.10. The van der Waals surface area contributed by atoms with Gasteiger partial charge in [0.25, 0.3) is 5.69 Å². The molecule has 0 saturated carbocycles. The van der Waals surface area contributed by atoms with Crippen LogP contribution < -0.4 is 4.74 Å². The molecule has 0 spiro atoms. The fourth-order valence-corrected chi connectivity index (χ4v) is 2.51. The zero-order valence-corrected chi connectivity index (χ0v) is 11.9. The van der Waals surface area contributed by atoms with Gasteiger partial charge in [-0.2, -0.15) is 0 Å². The highest BCUT2D eigenvalue weighted by molar-refractivity contribution is 9.10. The Kier molecular flexibility index (Phi) is 4.28. The van der Waals surface area contributed by atoms with Gasteiger partial charge in [-0.3, -0.25) is 14.9 Å². The molecule has 0 aliphatic carbocycles. The first-order valence-corrected chi connectivity index (χ1v) is 6.88. The minimum atomic E-state index is -0.515. The summed E-state index contributed by atoms with van der Waals surface area (Å²) in [5.41, 5.74) is -0.0899. The number of carbonyl (C=O) groups is 1. The summed E-state index contributed by atoms with van der Waals surface area (Å²) in [7, 11) is 0. The Morgan fingerprint density at radius 2 is 2.21 bits per heavy atom. The molecule has 0 aliphatic rings. The highest BCUT2D eigenvalue weighted by atomic mass is 79.9. The number of benzene rings is 1.